The minimum Gasteiger partial charge on any atom is -0.392 e. The van der Waals surface area contributed by atoms with Gasteiger partial charge in [-0.3, -0.25) is 0 Å². The fourth-order valence-electron chi connectivity index (χ4n) is 6.09. The Hall–Kier alpha value is -0.820. The van der Waals surface area contributed by atoms with E-state index in [2.05, 4.69) is 52.8 Å². The second kappa shape index (κ2) is 8.05. The van der Waals surface area contributed by atoms with Crippen LogP contribution in [0, 0.1) is 35.0 Å². The zero-order valence-electron chi connectivity index (χ0n) is 17.7. The average molecular weight is 357 g/mol. The number of fused-ring (bicyclic) bond motifs is 2. The summed E-state index contributed by atoms with van der Waals surface area (Å²) in [4.78, 5) is 0. The third kappa shape index (κ3) is 3.88. The molecular formula is C25H40O. The highest BCUT2D eigenvalue weighted by molar-refractivity contribution is 5.37. The van der Waals surface area contributed by atoms with Crippen LogP contribution in [0.4, 0.5) is 0 Å². The first kappa shape index (κ1) is 19.9. The zero-order chi connectivity index (χ0) is 18.9. The molecule has 3 aliphatic carbocycles. The molecule has 3 aliphatic rings. The van der Waals surface area contributed by atoms with Gasteiger partial charge in [0, 0.05) is 0 Å². The van der Waals surface area contributed by atoms with Crippen LogP contribution in [0.1, 0.15) is 79.6 Å². The Morgan fingerprint density at radius 2 is 1.92 bits per heavy atom. The molecule has 3 rings (SSSR count). The molecule has 5 atom stereocenters. The Bertz CT molecular complexity index is 593. The Balaban J connectivity index is 1.96. The molecule has 1 saturated carbocycles. The Kier molecular flexibility index (Phi) is 6.17. The number of hydrogen-bond acceptors (Lipinski definition) is 1. The molecule has 0 aromatic heterocycles. The van der Waals surface area contributed by atoms with E-state index in [0.29, 0.717) is 11.3 Å². The lowest BCUT2D eigenvalue weighted by Crippen LogP contribution is -2.27. The third-order valence-corrected chi connectivity index (χ3v) is 8.04. The number of aliphatic hydroxyl groups excluding tert-OH is 1. The number of allylic oxidation sites excluding steroid dienone is 4. The molecule has 0 amide bonds. The van der Waals surface area contributed by atoms with Crippen LogP contribution in [0.15, 0.2) is 34.9 Å². The van der Waals surface area contributed by atoms with Gasteiger partial charge < -0.3 is 5.11 Å². The predicted molar refractivity (Wildman–Crippen MR) is 112 cm³/mol. The largest absolute Gasteiger partial charge is 0.392 e. The van der Waals surface area contributed by atoms with Crippen molar-refractivity contribution in [3.63, 3.8) is 0 Å². The van der Waals surface area contributed by atoms with E-state index in [1.54, 1.807) is 5.57 Å². The molecule has 1 nitrogen and oxygen atoms in total. The molecule has 26 heavy (non-hydrogen) atoms. The van der Waals surface area contributed by atoms with Crippen LogP contribution >= 0.6 is 0 Å². The van der Waals surface area contributed by atoms with E-state index in [4.69, 9.17) is 0 Å². The van der Waals surface area contributed by atoms with Crippen molar-refractivity contribution in [2.24, 2.45) is 35.0 Å². The van der Waals surface area contributed by atoms with Crippen molar-refractivity contribution >= 4 is 0 Å². The van der Waals surface area contributed by atoms with Crippen molar-refractivity contribution in [3.8, 4) is 0 Å². The summed E-state index contributed by atoms with van der Waals surface area (Å²) < 4.78 is 0. The molecule has 0 aliphatic heterocycles. The summed E-state index contributed by atoms with van der Waals surface area (Å²) in [5, 5.41) is 10.1. The van der Waals surface area contributed by atoms with E-state index >= 15 is 0 Å². The molecule has 0 spiro atoms. The van der Waals surface area contributed by atoms with Crippen LogP contribution in [0.3, 0.4) is 0 Å². The first-order valence-electron chi connectivity index (χ1n) is 11.0. The summed E-state index contributed by atoms with van der Waals surface area (Å²) in [6.45, 7) is 12.3. The van der Waals surface area contributed by atoms with Gasteiger partial charge in [0.05, 0.1) is 6.61 Å². The third-order valence-electron chi connectivity index (χ3n) is 8.04. The van der Waals surface area contributed by atoms with E-state index in [1.807, 2.05) is 0 Å². The Labute approximate surface area is 161 Å². The maximum Gasteiger partial charge on any atom is 0.0681 e. The molecule has 0 bridgehead atoms. The van der Waals surface area contributed by atoms with Gasteiger partial charge in [-0.05, 0) is 98.0 Å². The number of hydrogen-bond donors (Lipinski definition) is 1. The van der Waals surface area contributed by atoms with Crippen LogP contribution in [0.2, 0.25) is 0 Å². The molecular weight excluding hydrogens is 316 g/mol. The van der Waals surface area contributed by atoms with Gasteiger partial charge in [0.2, 0.25) is 0 Å². The fraction of sp³-hybridized carbons (Fsp3) is 0.760. The summed E-state index contributed by atoms with van der Waals surface area (Å²) in [5.41, 5.74) is 4.70. The molecule has 0 unspecified atom stereocenters. The van der Waals surface area contributed by atoms with Crippen molar-refractivity contribution < 1.29 is 5.11 Å². The van der Waals surface area contributed by atoms with E-state index < -0.39 is 0 Å². The highest BCUT2D eigenvalue weighted by Crippen LogP contribution is 2.54. The van der Waals surface area contributed by atoms with Crippen LogP contribution in [-0.2, 0) is 0 Å². The van der Waals surface area contributed by atoms with Crippen LogP contribution in [0.25, 0.3) is 0 Å². The van der Waals surface area contributed by atoms with E-state index in [1.165, 1.54) is 49.7 Å². The van der Waals surface area contributed by atoms with Crippen molar-refractivity contribution in [2.75, 3.05) is 6.61 Å². The first-order chi connectivity index (χ1) is 12.4. The molecule has 1 N–H and O–H groups in total. The molecule has 1 fully saturated rings. The SMILES string of the molecule is C/C1=C/C[C@@]2(C)CC[C@H](C(C)C)[C@@H]2C/C=C(/CO)C2=CC[C@H](C)[C@@H]2CC1. The van der Waals surface area contributed by atoms with E-state index in [9.17, 15) is 5.11 Å². The van der Waals surface area contributed by atoms with Crippen molar-refractivity contribution in [1.82, 2.24) is 0 Å². The summed E-state index contributed by atoms with van der Waals surface area (Å²) in [5.74, 6) is 3.66. The van der Waals surface area contributed by atoms with Gasteiger partial charge in [-0.1, -0.05) is 51.5 Å². The highest BCUT2D eigenvalue weighted by atomic mass is 16.3. The quantitative estimate of drug-likeness (QED) is 0.546. The highest BCUT2D eigenvalue weighted by Gasteiger charge is 2.44. The molecule has 146 valence electrons. The Morgan fingerprint density at radius 1 is 1.15 bits per heavy atom. The molecule has 0 radical (unpaired) electrons. The molecule has 0 saturated heterocycles. The fourth-order valence-corrected chi connectivity index (χ4v) is 6.09. The number of aliphatic hydroxyl groups is 1. The van der Waals surface area contributed by atoms with Crippen LogP contribution in [0.5, 0.6) is 0 Å². The minimum absolute atomic E-state index is 0.208. The monoisotopic (exact) mass is 356 g/mol. The van der Waals surface area contributed by atoms with Crippen molar-refractivity contribution in [3.05, 3.63) is 34.9 Å². The predicted octanol–water partition coefficient (Wildman–Crippen LogP) is 6.70. The molecule has 0 aromatic rings. The van der Waals surface area contributed by atoms with Crippen molar-refractivity contribution in [1.29, 1.82) is 0 Å². The maximum absolute atomic E-state index is 10.1. The minimum atomic E-state index is 0.208. The standard InChI is InChI=1S/C25H40O/c1-17(2)21-13-15-25(5)14-12-18(3)6-9-22-19(4)7-10-23(22)20(16-26)8-11-24(21)25/h8,10,12,17,19,21-22,24,26H,6-7,9,11,13-16H2,1-5H3/b18-12-,20-8-/t19-,21+,22-,24-,25-/m0/s1. The van der Waals surface area contributed by atoms with Gasteiger partial charge in [0.15, 0.2) is 0 Å². The Morgan fingerprint density at radius 3 is 2.62 bits per heavy atom. The summed E-state index contributed by atoms with van der Waals surface area (Å²) >= 11 is 0. The maximum atomic E-state index is 10.1. The van der Waals surface area contributed by atoms with Crippen LogP contribution in [-0.4, -0.2) is 11.7 Å². The molecule has 1 heteroatoms. The molecule has 0 aromatic carbocycles. The van der Waals surface area contributed by atoms with Gasteiger partial charge in [-0.2, -0.15) is 0 Å². The topological polar surface area (TPSA) is 20.2 Å². The second-order valence-electron chi connectivity index (χ2n) is 10.1. The molecule has 0 heterocycles. The summed E-state index contributed by atoms with van der Waals surface area (Å²) in [6, 6.07) is 0. The van der Waals surface area contributed by atoms with Gasteiger partial charge in [-0.15, -0.1) is 0 Å². The number of rotatable bonds is 2. The first-order valence-corrected chi connectivity index (χ1v) is 11.0. The van der Waals surface area contributed by atoms with Gasteiger partial charge >= 0.3 is 0 Å². The van der Waals surface area contributed by atoms with Gasteiger partial charge in [0.1, 0.15) is 0 Å². The summed E-state index contributed by atoms with van der Waals surface area (Å²) in [6.07, 6.45) is 16.1. The van der Waals surface area contributed by atoms with Crippen molar-refractivity contribution in [2.45, 2.75) is 79.6 Å². The average Bonchev–Trinajstić information content (AvgIpc) is 3.12. The zero-order valence-corrected chi connectivity index (χ0v) is 17.7. The van der Waals surface area contributed by atoms with Crippen LogP contribution < -0.4 is 0 Å². The van der Waals surface area contributed by atoms with E-state index in [0.717, 1.165) is 30.1 Å². The normalized spacial score (nSPS) is 42.7. The lowest BCUT2D eigenvalue weighted by atomic mass is 9.69. The lowest BCUT2D eigenvalue weighted by Gasteiger charge is -2.35. The van der Waals surface area contributed by atoms with Gasteiger partial charge in [-0.25, -0.2) is 0 Å². The van der Waals surface area contributed by atoms with E-state index in [-0.39, 0.29) is 6.61 Å². The summed E-state index contributed by atoms with van der Waals surface area (Å²) in [7, 11) is 0. The lowest BCUT2D eigenvalue weighted by molar-refractivity contribution is 0.169. The smallest absolute Gasteiger partial charge is 0.0681 e. The van der Waals surface area contributed by atoms with Gasteiger partial charge in [0.25, 0.3) is 0 Å². The second-order valence-corrected chi connectivity index (χ2v) is 10.1.